The summed E-state index contributed by atoms with van der Waals surface area (Å²) in [6.45, 7) is 4.52. The van der Waals surface area contributed by atoms with Crippen molar-refractivity contribution in [2.24, 2.45) is 0 Å². The van der Waals surface area contributed by atoms with Crippen LogP contribution in [0.5, 0.6) is 0 Å². The van der Waals surface area contributed by atoms with Crippen LogP contribution >= 0.6 is 0 Å². The van der Waals surface area contributed by atoms with Crippen molar-refractivity contribution in [2.45, 2.75) is 20.4 Å². The van der Waals surface area contributed by atoms with Crippen LogP contribution in [0.1, 0.15) is 16.7 Å². The molecule has 0 radical (unpaired) electrons. The molecule has 4 nitrogen and oxygen atoms in total. The van der Waals surface area contributed by atoms with Crippen molar-refractivity contribution in [2.75, 3.05) is 0 Å². The second-order valence-electron chi connectivity index (χ2n) is 5.32. The smallest absolute Gasteiger partial charge is 0.272 e. The van der Waals surface area contributed by atoms with Gasteiger partial charge < -0.3 is 4.57 Å². The van der Waals surface area contributed by atoms with Crippen LogP contribution in [0.15, 0.2) is 48.7 Å². The molecule has 3 aromatic rings. The van der Waals surface area contributed by atoms with Gasteiger partial charge in [0, 0.05) is 29.9 Å². The fraction of sp³-hybridized carbons (Fsp3) is 0.176. The highest BCUT2D eigenvalue weighted by Gasteiger charge is 2.13. The molecule has 0 unspecified atom stereocenters. The van der Waals surface area contributed by atoms with E-state index in [9.17, 15) is 10.1 Å². The summed E-state index contributed by atoms with van der Waals surface area (Å²) < 4.78 is 2.13. The van der Waals surface area contributed by atoms with E-state index in [2.05, 4.69) is 35.8 Å². The molecule has 0 atom stereocenters. The molecule has 4 heteroatoms. The van der Waals surface area contributed by atoms with Gasteiger partial charge in [-0.2, -0.15) is 0 Å². The van der Waals surface area contributed by atoms with E-state index in [0.717, 1.165) is 16.6 Å². The molecule has 1 aromatic heterocycles. The van der Waals surface area contributed by atoms with Crippen molar-refractivity contribution in [1.29, 1.82) is 0 Å². The number of fused-ring (bicyclic) bond motifs is 1. The molecule has 0 aliphatic heterocycles. The zero-order chi connectivity index (χ0) is 15.0. The van der Waals surface area contributed by atoms with Gasteiger partial charge in [-0.05, 0) is 43.0 Å². The number of benzene rings is 2. The van der Waals surface area contributed by atoms with Crippen LogP contribution in [0.4, 0.5) is 5.69 Å². The van der Waals surface area contributed by atoms with Gasteiger partial charge in [0.1, 0.15) is 0 Å². The summed E-state index contributed by atoms with van der Waals surface area (Å²) in [4.78, 5) is 10.7. The maximum atomic E-state index is 11.0. The Labute approximate surface area is 122 Å². The van der Waals surface area contributed by atoms with Crippen molar-refractivity contribution < 1.29 is 4.92 Å². The minimum Gasteiger partial charge on any atom is -0.343 e. The monoisotopic (exact) mass is 280 g/mol. The van der Waals surface area contributed by atoms with E-state index in [1.807, 2.05) is 19.2 Å². The topological polar surface area (TPSA) is 48.1 Å². The normalized spacial score (nSPS) is 11.0. The molecule has 0 saturated heterocycles. The Kier molecular flexibility index (Phi) is 3.22. The Morgan fingerprint density at radius 2 is 1.95 bits per heavy atom. The van der Waals surface area contributed by atoms with E-state index in [4.69, 9.17) is 0 Å². The third-order valence-electron chi connectivity index (χ3n) is 3.88. The highest BCUT2D eigenvalue weighted by molar-refractivity contribution is 5.81. The molecule has 0 fully saturated rings. The number of rotatable bonds is 3. The van der Waals surface area contributed by atoms with E-state index in [1.165, 1.54) is 10.9 Å². The molecule has 0 spiro atoms. The molecule has 0 aliphatic rings. The summed E-state index contributed by atoms with van der Waals surface area (Å²) in [6.07, 6.45) is 2.03. The predicted octanol–water partition coefficient (Wildman–Crippen LogP) is 4.21. The Hall–Kier alpha value is -2.62. The largest absolute Gasteiger partial charge is 0.343 e. The SMILES string of the molecule is Cc1ccc2c(ccn2Cc2cccc([N+](=O)[O-])c2C)c1. The first kappa shape index (κ1) is 13.4. The third kappa shape index (κ3) is 2.40. The number of nitrogens with zero attached hydrogens (tertiary/aromatic N) is 2. The Balaban J connectivity index is 2.03. The minimum absolute atomic E-state index is 0.180. The highest BCUT2D eigenvalue weighted by atomic mass is 16.6. The number of nitro benzene ring substituents is 1. The van der Waals surface area contributed by atoms with E-state index < -0.39 is 0 Å². The first-order chi connectivity index (χ1) is 10.1. The summed E-state index contributed by atoms with van der Waals surface area (Å²) in [5.74, 6) is 0. The van der Waals surface area contributed by atoms with Gasteiger partial charge in [-0.1, -0.05) is 23.8 Å². The Morgan fingerprint density at radius 3 is 2.71 bits per heavy atom. The van der Waals surface area contributed by atoms with Crippen molar-refractivity contribution in [3.05, 3.63) is 75.5 Å². The van der Waals surface area contributed by atoms with Crippen LogP contribution in [0.25, 0.3) is 10.9 Å². The predicted molar refractivity (Wildman–Crippen MR) is 83.6 cm³/mol. The Bertz CT molecular complexity index is 834. The van der Waals surface area contributed by atoms with Crippen LogP contribution in [0.3, 0.4) is 0 Å². The number of hydrogen-bond donors (Lipinski definition) is 0. The average Bonchev–Trinajstić information content (AvgIpc) is 2.83. The molecule has 21 heavy (non-hydrogen) atoms. The van der Waals surface area contributed by atoms with Crippen molar-refractivity contribution in [1.82, 2.24) is 4.57 Å². The van der Waals surface area contributed by atoms with Crippen LogP contribution in [-0.2, 0) is 6.54 Å². The minimum atomic E-state index is -0.323. The number of hydrogen-bond acceptors (Lipinski definition) is 2. The first-order valence-corrected chi connectivity index (χ1v) is 6.84. The molecule has 0 saturated carbocycles. The van der Waals surface area contributed by atoms with Crippen LogP contribution in [-0.4, -0.2) is 9.49 Å². The zero-order valence-electron chi connectivity index (χ0n) is 12.0. The van der Waals surface area contributed by atoms with Gasteiger partial charge in [0.25, 0.3) is 5.69 Å². The van der Waals surface area contributed by atoms with E-state index in [1.54, 1.807) is 12.1 Å². The molecule has 106 valence electrons. The lowest BCUT2D eigenvalue weighted by atomic mass is 10.1. The molecule has 2 aromatic carbocycles. The zero-order valence-corrected chi connectivity index (χ0v) is 12.0. The number of nitro groups is 1. The second-order valence-corrected chi connectivity index (χ2v) is 5.32. The maximum absolute atomic E-state index is 11.0. The van der Waals surface area contributed by atoms with Gasteiger partial charge in [-0.3, -0.25) is 10.1 Å². The molecule has 3 rings (SSSR count). The van der Waals surface area contributed by atoms with Gasteiger partial charge in [0.05, 0.1) is 4.92 Å². The summed E-state index contributed by atoms with van der Waals surface area (Å²) in [5.41, 5.74) is 4.26. The first-order valence-electron chi connectivity index (χ1n) is 6.84. The average molecular weight is 280 g/mol. The lowest BCUT2D eigenvalue weighted by Crippen LogP contribution is -2.02. The highest BCUT2D eigenvalue weighted by Crippen LogP contribution is 2.24. The summed E-state index contributed by atoms with van der Waals surface area (Å²) in [6, 6.07) is 13.6. The van der Waals surface area contributed by atoms with Gasteiger partial charge >= 0.3 is 0 Å². The fourth-order valence-electron chi connectivity index (χ4n) is 2.68. The van der Waals surface area contributed by atoms with E-state index in [0.29, 0.717) is 6.54 Å². The van der Waals surface area contributed by atoms with Gasteiger partial charge in [-0.25, -0.2) is 0 Å². The third-order valence-corrected chi connectivity index (χ3v) is 3.88. The van der Waals surface area contributed by atoms with Crippen LogP contribution in [0, 0.1) is 24.0 Å². The lowest BCUT2D eigenvalue weighted by molar-refractivity contribution is -0.385. The number of aryl methyl sites for hydroxylation is 1. The molecule has 0 amide bonds. The van der Waals surface area contributed by atoms with E-state index >= 15 is 0 Å². The van der Waals surface area contributed by atoms with Crippen molar-refractivity contribution >= 4 is 16.6 Å². The quantitative estimate of drug-likeness (QED) is 0.533. The molecule has 1 heterocycles. The fourth-order valence-corrected chi connectivity index (χ4v) is 2.68. The van der Waals surface area contributed by atoms with Gasteiger partial charge in [0.15, 0.2) is 0 Å². The molecule has 0 bridgehead atoms. The molecular weight excluding hydrogens is 264 g/mol. The van der Waals surface area contributed by atoms with Crippen molar-refractivity contribution in [3.63, 3.8) is 0 Å². The van der Waals surface area contributed by atoms with Gasteiger partial charge in [0.2, 0.25) is 0 Å². The van der Waals surface area contributed by atoms with Crippen molar-refractivity contribution in [3.8, 4) is 0 Å². The summed E-state index contributed by atoms with van der Waals surface area (Å²) >= 11 is 0. The standard InChI is InChI=1S/C17H16N2O2/c1-12-6-7-17-14(10-12)8-9-18(17)11-15-4-3-5-16(13(15)2)19(20)21/h3-10H,11H2,1-2H3. The lowest BCUT2D eigenvalue weighted by Gasteiger charge is -2.09. The van der Waals surface area contributed by atoms with Gasteiger partial charge in [-0.15, -0.1) is 0 Å². The Morgan fingerprint density at radius 1 is 1.14 bits per heavy atom. The van der Waals surface area contributed by atoms with Crippen LogP contribution < -0.4 is 0 Å². The molecule has 0 aliphatic carbocycles. The summed E-state index contributed by atoms with van der Waals surface area (Å²) in [5, 5.41) is 12.2. The van der Waals surface area contributed by atoms with E-state index in [-0.39, 0.29) is 10.6 Å². The molecule has 0 N–H and O–H groups in total. The maximum Gasteiger partial charge on any atom is 0.272 e. The van der Waals surface area contributed by atoms with Crippen LogP contribution in [0.2, 0.25) is 0 Å². The second kappa shape index (κ2) is 5.05. The summed E-state index contributed by atoms with van der Waals surface area (Å²) in [7, 11) is 0. The number of aromatic nitrogens is 1. The molecular formula is C17H16N2O2.